The Bertz CT molecular complexity index is 497. The maximum atomic E-state index is 11.7. The first kappa shape index (κ1) is 16.4. The molecular weight excluding hydrogens is 288 g/mol. The fourth-order valence-electron chi connectivity index (χ4n) is 2.15. The standard InChI is InChI=1S/C14H22N4O4/c1-11-8-12(17-22-11)9-13(19)16-10-14(20)15-2-3-18-4-6-21-7-5-18/h8H,2-7,9-10H2,1H3,(H,15,20)(H,16,19). The zero-order valence-corrected chi connectivity index (χ0v) is 12.8. The normalized spacial score (nSPS) is 15.5. The van der Waals surface area contributed by atoms with Gasteiger partial charge in [0.2, 0.25) is 11.8 Å². The van der Waals surface area contributed by atoms with Crippen LogP contribution >= 0.6 is 0 Å². The summed E-state index contributed by atoms with van der Waals surface area (Å²) in [6.45, 7) is 6.36. The summed E-state index contributed by atoms with van der Waals surface area (Å²) in [4.78, 5) is 25.5. The molecule has 1 aromatic rings. The Hall–Kier alpha value is -1.93. The van der Waals surface area contributed by atoms with Gasteiger partial charge in [0.05, 0.1) is 31.9 Å². The number of aryl methyl sites for hydroxylation is 1. The third kappa shape index (κ3) is 5.82. The van der Waals surface area contributed by atoms with Gasteiger partial charge in [0.1, 0.15) is 5.76 Å². The number of ether oxygens (including phenoxy) is 1. The van der Waals surface area contributed by atoms with E-state index < -0.39 is 0 Å². The van der Waals surface area contributed by atoms with Crippen LogP contribution in [0, 0.1) is 6.92 Å². The molecule has 122 valence electrons. The van der Waals surface area contributed by atoms with Crippen molar-refractivity contribution in [1.29, 1.82) is 0 Å². The van der Waals surface area contributed by atoms with E-state index in [0.717, 1.165) is 32.8 Å². The topological polar surface area (TPSA) is 96.7 Å². The highest BCUT2D eigenvalue weighted by atomic mass is 16.5. The van der Waals surface area contributed by atoms with E-state index in [1.807, 2.05) is 0 Å². The van der Waals surface area contributed by atoms with E-state index in [9.17, 15) is 9.59 Å². The number of nitrogens with zero attached hydrogens (tertiary/aromatic N) is 2. The van der Waals surface area contributed by atoms with E-state index in [1.165, 1.54) is 0 Å². The molecule has 8 nitrogen and oxygen atoms in total. The molecule has 0 spiro atoms. The van der Waals surface area contributed by atoms with Crippen LogP contribution in [0.2, 0.25) is 0 Å². The Morgan fingerprint density at radius 1 is 1.27 bits per heavy atom. The molecule has 1 aliphatic rings. The van der Waals surface area contributed by atoms with Gasteiger partial charge in [-0.2, -0.15) is 0 Å². The fourth-order valence-corrected chi connectivity index (χ4v) is 2.15. The van der Waals surface area contributed by atoms with Gasteiger partial charge < -0.3 is 19.9 Å². The van der Waals surface area contributed by atoms with Gasteiger partial charge in [0.15, 0.2) is 0 Å². The lowest BCUT2D eigenvalue weighted by atomic mass is 10.3. The van der Waals surface area contributed by atoms with Crippen molar-refractivity contribution in [3.63, 3.8) is 0 Å². The molecule has 0 aliphatic carbocycles. The summed E-state index contributed by atoms with van der Waals surface area (Å²) in [7, 11) is 0. The molecule has 1 aromatic heterocycles. The molecule has 1 fully saturated rings. The first-order chi connectivity index (χ1) is 10.6. The first-order valence-corrected chi connectivity index (χ1v) is 7.39. The van der Waals surface area contributed by atoms with Gasteiger partial charge in [-0.25, -0.2) is 0 Å². The number of aromatic nitrogens is 1. The number of carbonyl (C=O) groups excluding carboxylic acids is 2. The minimum Gasteiger partial charge on any atom is -0.379 e. The lowest BCUT2D eigenvalue weighted by Gasteiger charge is -2.26. The predicted octanol–water partition coefficient (Wildman–Crippen LogP) is -0.910. The van der Waals surface area contributed by atoms with Crippen molar-refractivity contribution in [2.75, 3.05) is 45.9 Å². The summed E-state index contributed by atoms with van der Waals surface area (Å²) < 4.78 is 10.1. The van der Waals surface area contributed by atoms with E-state index >= 15 is 0 Å². The predicted molar refractivity (Wildman–Crippen MR) is 78.2 cm³/mol. The minimum absolute atomic E-state index is 0.0290. The third-order valence-electron chi connectivity index (χ3n) is 3.32. The van der Waals surface area contributed by atoms with Gasteiger partial charge in [0, 0.05) is 32.2 Å². The van der Waals surface area contributed by atoms with Crippen LogP contribution in [-0.4, -0.2) is 67.8 Å². The van der Waals surface area contributed by atoms with Crippen molar-refractivity contribution in [3.05, 3.63) is 17.5 Å². The first-order valence-electron chi connectivity index (χ1n) is 7.39. The summed E-state index contributed by atoms with van der Waals surface area (Å²) in [5, 5.41) is 9.08. The fraction of sp³-hybridized carbons (Fsp3) is 0.643. The maximum Gasteiger partial charge on any atom is 0.239 e. The molecule has 8 heteroatoms. The second kappa shape index (κ2) is 8.50. The molecule has 0 radical (unpaired) electrons. The Balaban J connectivity index is 1.55. The van der Waals surface area contributed by atoms with Gasteiger partial charge in [0.25, 0.3) is 0 Å². The van der Waals surface area contributed by atoms with Crippen LogP contribution in [0.4, 0.5) is 0 Å². The van der Waals surface area contributed by atoms with Crippen LogP contribution in [0.5, 0.6) is 0 Å². The molecule has 2 N–H and O–H groups in total. The largest absolute Gasteiger partial charge is 0.379 e. The van der Waals surface area contributed by atoms with Crippen molar-refractivity contribution in [2.45, 2.75) is 13.3 Å². The summed E-state index contributed by atoms with van der Waals surface area (Å²) in [5.41, 5.74) is 0.558. The smallest absolute Gasteiger partial charge is 0.239 e. The maximum absolute atomic E-state index is 11.7. The molecule has 22 heavy (non-hydrogen) atoms. The van der Waals surface area contributed by atoms with E-state index in [-0.39, 0.29) is 24.8 Å². The average molecular weight is 310 g/mol. The molecule has 2 heterocycles. The average Bonchev–Trinajstić information content (AvgIpc) is 2.91. The summed E-state index contributed by atoms with van der Waals surface area (Å²) in [6.07, 6.45) is 0.110. The van der Waals surface area contributed by atoms with E-state index in [2.05, 4.69) is 20.7 Å². The summed E-state index contributed by atoms with van der Waals surface area (Å²) >= 11 is 0. The monoisotopic (exact) mass is 310 g/mol. The molecule has 0 atom stereocenters. The highest BCUT2D eigenvalue weighted by Crippen LogP contribution is 2.01. The molecule has 0 aromatic carbocycles. The Morgan fingerprint density at radius 3 is 2.73 bits per heavy atom. The number of morpholine rings is 1. The lowest BCUT2D eigenvalue weighted by Crippen LogP contribution is -2.43. The molecule has 1 saturated heterocycles. The number of amides is 2. The minimum atomic E-state index is -0.253. The zero-order valence-electron chi connectivity index (χ0n) is 12.8. The summed E-state index contributed by atoms with van der Waals surface area (Å²) in [5.74, 6) is 0.207. The Labute approximate surface area is 129 Å². The molecule has 0 unspecified atom stereocenters. The van der Waals surface area contributed by atoms with E-state index in [0.29, 0.717) is 18.0 Å². The number of hydrogen-bond donors (Lipinski definition) is 2. The SMILES string of the molecule is Cc1cc(CC(=O)NCC(=O)NCCN2CCOCC2)no1. The van der Waals surface area contributed by atoms with Crippen LogP contribution in [-0.2, 0) is 20.7 Å². The van der Waals surface area contributed by atoms with E-state index in [4.69, 9.17) is 9.26 Å². The van der Waals surface area contributed by atoms with Crippen molar-refractivity contribution in [3.8, 4) is 0 Å². The number of hydrogen-bond acceptors (Lipinski definition) is 6. The second-order valence-corrected chi connectivity index (χ2v) is 5.19. The van der Waals surface area contributed by atoms with Gasteiger partial charge >= 0.3 is 0 Å². The Kier molecular flexibility index (Phi) is 6.35. The highest BCUT2D eigenvalue weighted by molar-refractivity contribution is 5.85. The van der Waals surface area contributed by atoms with Crippen LogP contribution in [0.25, 0.3) is 0 Å². The van der Waals surface area contributed by atoms with Gasteiger partial charge in [-0.3, -0.25) is 14.5 Å². The van der Waals surface area contributed by atoms with Gasteiger partial charge in [-0.1, -0.05) is 5.16 Å². The van der Waals surface area contributed by atoms with Crippen LogP contribution < -0.4 is 10.6 Å². The molecule has 1 aliphatic heterocycles. The van der Waals surface area contributed by atoms with Crippen LogP contribution in [0.3, 0.4) is 0 Å². The van der Waals surface area contributed by atoms with Crippen molar-refractivity contribution in [2.24, 2.45) is 0 Å². The lowest BCUT2D eigenvalue weighted by molar-refractivity contribution is -0.125. The molecule has 0 saturated carbocycles. The summed E-state index contributed by atoms with van der Waals surface area (Å²) in [6, 6.07) is 1.70. The van der Waals surface area contributed by atoms with Crippen molar-refractivity contribution in [1.82, 2.24) is 20.7 Å². The number of nitrogens with one attached hydrogen (secondary N) is 2. The highest BCUT2D eigenvalue weighted by Gasteiger charge is 2.11. The molecule has 2 amide bonds. The number of rotatable bonds is 7. The van der Waals surface area contributed by atoms with Gasteiger partial charge in [-0.05, 0) is 6.92 Å². The molecule has 0 bridgehead atoms. The van der Waals surface area contributed by atoms with Crippen LogP contribution in [0.15, 0.2) is 10.6 Å². The van der Waals surface area contributed by atoms with Crippen molar-refractivity contribution < 1.29 is 18.8 Å². The zero-order chi connectivity index (χ0) is 15.8. The number of carbonyl (C=O) groups is 2. The Morgan fingerprint density at radius 2 is 2.05 bits per heavy atom. The third-order valence-corrected chi connectivity index (χ3v) is 3.32. The molecular formula is C14H22N4O4. The van der Waals surface area contributed by atoms with Crippen molar-refractivity contribution >= 4 is 11.8 Å². The quantitative estimate of drug-likeness (QED) is 0.677. The van der Waals surface area contributed by atoms with Gasteiger partial charge in [-0.15, -0.1) is 0 Å². The van der Waals surface area contributed by atoms with Crippen LogP contribution in [0.1, 0.15) is 11.5 Å². The molecule has 2 rings (SSSR count). The van der Waals surface area contributed by atoms with E-state index in [1.54, 1.807) is 13.0 Å². The second-order valence-electron chi connectivity index (χ2n) is 5.19.